The third kappa shape index (κ3) is 7.15. The summed E-state index contributed by atoms with van der Waals surface area (Å²) in [6.45, 7) is 10.4. The van der Waals surface area contributed by atoms with E-state index in [1.807, 2.05) is 35.7 Å². The minimum atomic E-state index is 0.224. The van der Waals surface area contributed by atoms with Gasteiger partial charge < -0.3 is 4.74 Å². The topological polar surface area (TPSA) is 9.23 Å². The molecule has 0 N–H and O–H groups in total. The molecule has 0 saturated carbocycles. The lowest BCUT2D eigenvalue weighted by atomic mass is 10.1. The van der Waals surface area contributed by atoms with E-state index in [2.05, 4.69) is 68.6 Å². The van der Waals surface area contributed by atoms with Crippen LogP contribution in [0.25, 0.3) is 12.2 Å². The smallest absolute Gasteiger partial charge is 0.112 e. The summed E-state index contributed by atoms with van der Waals surface area (Å²) in [5.41, 5.74) is 5.22. The van der Waals surface area contributed by atoms with Gasteiger partial charge in [-0.2, -0.15) is 11.8 Å². The van der Waals surface area contributed by atoms with Gasteiger partial charge in [0.05, 0.1) is 0 Å². The predicted molar refractivity (Wildman–Crippen MR) is 116 cm³/mol. The van der Waals surface area contributed by atoms with Gasteiger partial charge in [0, 0.05) is 23.9 Å². The molecule has 1 atom stereocenters. The maximum Gasteiger partial charge on any atom is 0.112 e. The summed E-state index contributed by atoms with van der Waals surface area (Å²) >= 11 is 3.80. The van der Waals surface area contributed by atoms with Crippen LogP contribution in [0.15, 0.2) is 61.7 Å². The Hall–Kier alpha value is -1.42. The van der Waals surface area contributed by atoms with Crippen molar-refractivity contribution in [2.75, 3.05) is 12.4 Å². The lowest BCUT2D eigenvalue weighted by Gasteiger charge is -2.16. The van der Waals surface area contributed by atoms with Gasteiger partial charge >= 0.3 is 0 Å². The second-order valence-corrected chi connectivity index (χ2v) is 7.78. The molecule has 2 aromatic carbocycles. The highest BCUT2D eigenvalue weighted by Crippen LogP contribution is 2.24. The van der Waals surface area contributed by atoms with Gasteiger partial charge in [-0.25, -0.2) is 0 Å². The van der Waals surface area contributed by atoms with Crippen molar-refractivity contribution in [3.8, 4) is 0 Å². The molecule has 0 heterocycles. The SMILES string of the molecule is C=Cc1ccc(CSCC(OCC)SCc2ccc(C=C)cc2)cc1. The first-order valence-electron chi connectivity index (χ1n) is 8.49. The zero-order valence-corrected chi connectivity index (χ0v) is 16.5. The van der Waals surface area contributed by atoms with Crippen molar-refractivity contribution in [1.29, 1.82) is 0 Å². The van der Waals surface area contributed by atoms with E-state index >= 15 is 0 Å². The Labute approximate surface area is 160 Å². The van der Waals surface area contributed by atoms with E-state index in [1.54, 1.807) is 0 Å². The lowest BCUT2D eigenvalue weighted by Crippen LogP contribution is -2.12. The van der Waals surface area contributed by atoms with Crippen LogP contribution in [0.5, 0.6) is 0 Å². The van der Waals surface area contributed by atoms with Crippen LogP contribution in [0.1, 0.15) is 29.2 Å². The number of thioether (sulfide) groups is 2. The van der Waals surface area contributed by atoms with Gasteiger partial charge in [0.25, 0.3) is 0 Å². The highest BCUT2D eigenvalue weighted by atomic mass is 32.2. The largest absolute Gasteiger partial charge is 0.367 e. The Balaban J connectivity index is 1.78. The summed E-state index contributed by atoms with van der Waals surface area (Å²) in [7, 11) is 0. The van der Waals surface area contributed by atoms with Crippen LogP contribution in [-0.4, -0.2) is 17.8 Å². The Kier molecular flexibility index (Phi) is 8.95. The minimum Gasteiger partial charge on any atom is -0.367 e. The van der Waals surface area contributed by atoms with Gasteiger partial charge in [-0.3, -0.25) is 0 Å². The first-order chi connectivity index (χ1) is 12.2. The monoisotopic (exact) mass is 370 g/mol. The van der Waals surface area contributed by atoms with E-state index in [1.165, 1.54) is 16.7 Å². The fraction of sp³-hybridized carbons (Fsp3) is 0.273. The van der Waals surface area contributed by atoms with Gasteiger partial charge in [0.2, 0.25) is 0 Å². The number of rotatable bonds is 11. The Morgan fingerprint density at radius 1 is 0.880 bits per heavy atom. The number of hydrogen-bond donors (Lipinski definition) is 0. The number of benzene rings is 2. The fourth-order valence-electron chi connectivity index (χ4n) is 2.29. The molecule has 2 rings (SSSR count). The molecule has 0 aliphatic carbocycles. The van der Waals surface area contributed by atoms with Crippen molar-refractivity contribution in [3.63, 3.8) is 0 Å². The highest BCUT2D eigenvalue weighted by Gasteiger charge is 2.10. The summed E-state index contributed by atoms with van der Waals surface area (Å²) in [6, 6.07) is 17.1. The number of hydrogen-bond acceptors (Lipinski definition) is 3. The molecule has 0 aromatic heterocycles. The molecular weight excluding hydrogens is 344 g/mol. The fourth-order valence-corrected chi connectivity index (χ4v) is 4.60. The summed E-state index contributed by atoms with van der Waals surface area (Å²) in [5.74, 6) is 2.97. The summed E-state index contributed by atoms with van der Waals surface area (Å²) in [6.07, 6.45) is 3.75. The van der Waals surface area contributed by atoms with E-state index in [0.29, 0.717) is 0 Å². The van der Waals surface area contributed by atoms with Crippen LogP contribution in [0.3, 0.4) is 0 Å². The van der Waals surface area contributed by atoms with Gasteiger partial charge in [-0.05, 0) is 29.2 Å². The van der Waals surface area contributed by atoms with E-state index in [0.717, 1.165) is 29.4 Å². The first kappa shape index (κ1) is 19.9. The second-order valence-electron chi connectivity index (χ2n) is 5.60. The molecule has 0 aliphatic rings. The van der Waals surface area contributed by atoms with Crippen molar-refractivity contribution in [2.45, 2.75) is 23.9 Å². The van der Waals surface area contributed by atoms with Crippen molar-refractivity contribution in [1.82, 2.24) is 0 Å². The molecule has 132 valence electrons. The normalized spacial score (nSPS) is 11.9. The van der Waals surface area contributed by atoms with E-state index < -0.39 is 0 Å². The summed E-state index contributed by atoms with van der Waals surface area (Å²) in [5, 5.41) is 0. The number of ether oxygens (including phenoxy) is 1. The molecule has 0 spiro atoms. The molecule has 1 unspecified atom stereocenters. The van der Waals surface area contributed by atoms with Crippen LogP contribution >= 0.6 is 23.5 Å². The molecule has 0 amide bonds. The van der Waals surface area contributed by atoms with Crippen LogP contribution in [0, 0.1) is 0 Å². The maximum atomic E-state index is 5.90. The molecular formula is C22H26OS2. The Morgan fingerprint density at radius 3 is 1.88 bits per heavy atom. The zero-order valence-electron chi connectivity index (χ0n) is 14.8. The van der Waals surface area contributed by atoms with Crippen LogP contribution < -0.4 is 0 Å². The molecule has 3 heteroatoms. The average Bonchev–Trinajstić information content (AvgIpc) is 2.67. The van der Waals surface area contributed by atoms with Crippen LogP contribution in [0.2, 0.25) is 0 Å². The molecule has 0 radical (unpaired) electrons. The van der Waals surface area contributed by atoms with E-state index in [4.69, 9.17) is 4.74 Å². The van der Waals surface area contributed by atoms with Crippen LogP contribution in [-0.2, 0) is 16.2 Å². The predicted octanol–water partition coefficient (Wildman–Crippen LogP) is 6.50. The van der Waals surface area contributed by atoms with Gasteiger partial charge in [-0.15, -0.1) is 11.8 Å². The van der Waals surface area contributed by atoms with E-state index in [-0.39, 0.29) is 5.44 Å². The Morgan fingerprint density at radius 2 is 1.40 bits per heavy atom. The highest BCUT2D eigenvalue weighted by molar-refractivity contribution is 8.02. The summed E-state index contributed by atoms with van der Waals surface area (Å²) < 4.78 is 5.90. The third-order valence-corrected chi connectivity index (χ3v) is 6.20. The Bertz CT molecular complexity index is 647. The molecule has 0 fully saturated rings. The molecule has 0 saturated heterocycles. The second kappa shape index (κ2) is 11.2. The zero-order chi connectivity index (χ0) is 17.9. The molecule has 0 aliphatic heterocycles. The minimum absolute atomic E-state index is 0.224. The lowest BCUT2D eigenvalue weighted by molar-refractivity contribution is 0.140. The third-order valence-electron chi connectivity index (χ3n) is 3.74. The molecule has 25 heavy (non-hydrogen) atoms. The van der Waals surface area contributed by atoms with E-state index in [9.17, 15) is 0 Å². The van der Waals surface area contributed by atoms with Crippen LogP contribution in [0.4, 0.5) is 0 Å². The van der Waals surface area contributed by atoms with Crippen molar-refractivity contribution >= 4 is 35.7 Å². The average molecular weight is 371 g/mol. The standard InChI is InChI=1S/C22H26OS2/c1-4-18-7-11-20(12-8-18)15-24-17-22(23-6-3)25-16-21-13-9-19(5-2)10-14-21/h4-5,7-14,22H,1-2,6,15-17H2,3H3. The summed E-state index contributed by atoms with van der Waals surface area (Å²) in [4.78, 5) is 0. The van der Waals surface area contributed by atoms with Gasteiger partial charge in [0.15, 0.2) is 0 Å². The molecule has 1 nitrogen and oxygen atoms in total. The van der Waals surface area contributed by atoms with Crippen molar-refractivity contribution < 1.29 is 4.74 Å². The first-order valence-corrected chi connectivity index (χ1v) is 10.7. The van der Waals surface area contributed by atoms with Crippen molar-refractivity contribution in [2.24, 2.45) is 0 Å². The van der Waals surface area contributed by atoms with Gasteiger partial charge in [-0.1, -0.05) is 73.8 Å². The molecule has 2 aromatic rings. The quantitative estimate of drug-likeness (QED) is 0.418. The molecule has 0 bridgehead atoms. The van der Waals surface area contributed by atoms with Crippen molar-refractivity contribution in [3.05, 3.63) is 83.9 Å². The van der Waals surface area contributed by atoms with Gasteiger partial charge in [0.1, 0.15) is 5.44 Å². The maximum absolute atomic E-state index is 5.90.